The number of likely N-dealkylation sites (tertiary alicyclic amines) is 1. The topological polar surface area (TPSA) is 69.6 Å². The van der Waals surface area contributed by atoms with Crippen molar-refractivity contribution in [3.63, 3.8) is 0 Å². The molecule has 0 unspecified atom stereocenters. The molecule has 0 saturated carbocycles. The Morgan fingerprint density at radius 2 is 2.00 bits per heavy atom. The lowest BCUT2D eigenvalue weighted by Gasteiger charge is -2.18. The Balaban J connectivity index is 0.00000341. The van der Waals surface area contributed by atoms with Crippen LogP contribution in [-0.2, 0) is 30.6 Å². The second kappa shape index (κ2) is 11.7. The number of nitrogens with zero attached hydrogens (tertiary/aromatic N) is 3. The summed E-state index contributed by atoms with van der Waals surface area (Å²) < 4.78 is 38.1. The summed E-state index contributed by atoms with van der Waals surface area (Å²) in [5.41, 5.74) is 1.17. The standard InChI is InChI=1S/C20H24F3N5OS.HI/c1-2-24-19(26-11-17-27-16(13-30-17)20(21,22)23)25-10-14-6-3-4-7-15(14)12-28-9-5-8-18(28)29;/h3-4,6-7,13H,2,5,8-12H2,1H3,(H2,24,25,26);1H. The highest BCUT2D eigenvalue weighted by molar-refractivity contribution is 14.0. The Bertz CT molecular complexity index is 903. The fraction of sp³-hybridized carbons (Fsp3) is 0.450. The summed E-state index contributed by atoms with van der Waals surface area (Å²) in [6.45, 7) is 4.40. The highest BCUT2D eigenvalue weighted by atomic mass is 127. The van der Waals surface area contributed by atoms with Crippen LogP contribution in [0.2, 0.25) is 0 Å². The zero-order valence-electron chi connectivity index (χ0n) is 17.0. The van der Waals surface area contributed by atoms with Crippen LogP contribution in [0.15, 0.2) is 34.6 Å². The molecule has 31 heavy (non-hydrogen) atoms. The molecule has 1 fully saturated rings. The molecule has 6 nitrogen and oxygen atoms in total. The van der Waals surface area contributed by atoms with Crippen molar-refractivity contribution in [2.24, 2.45) is 4.99 Å². The van der Waals surface area contributed by atoms with Crippen LogP contribution in [0, 0.1) is 0 Å². The Morgan fingerprint density at radius 1 is 1.26 bits per heavy atom. The Hall–Kier alpha value is -1.89. The maximum atomic E-state index is 12.7. The highest BCUT2D eigenvalue weighted by Crippen LogP contribution is 2.29. The fourth-order valence-corrected chi connectivity index (χ4v) is 3.87. The number of benzene rings is 1. The molecule has 1 aromatic carbocycles. The highest BCUT2D eigenvalue weighted by Gasteiger charge is 2.33. The first-order valence-electron chi connectivity index (χ1n) is 9.75. The van der Waals surface area contributed by atoms with Gasteiger partial charge in [-0.15, -0.1) is 35.3 Å². The number of aromatic nitrogens is 1. The van der Waals surface area contributed by atoms with E-state index in [-0.39, 0.29) is 36.4 Å². The minimum Gasteiger partial charge on any atom is -0.357 e. The number of thiazole rings is 1. The second-order valence-corrected chi connectivity index (χ2v) is 7.80. The van der Waals surface area contributed by atoms with Crippen molar-refractivity contribution in [2.75, 3.05) is 13.1 Å². The van der Waals surface area contributed by atoms with Gasteiger partial charge in [-0.2, -0.15) is 13.2 Å². The van der Waals surface area contributed by atoms with E-state index in [1.54, 1.807) is 0 Å². The molecule has 1 aliphatic rings. The van der Waals surface area contributed by atoms with Gasteiger partial charge in [-0.05, 0) is 24.5 Å². The number of nitrogens with one attached hydrogen (secondary N) is 2. The van der Waals surface area contributed by atoms with Crippen LogP contribution in [0.25, 0.3) is 0 Å². The third kappa shape index (κ3) is 7.34. The first kappa shape index (κ1) is 25.4. The van der Waals surface area contributed by atoms with E-state index in [1.165, 1.54) is 0 Å². The van der Waals surface area contributed by atoms with Crippen molar-refractivity contribution >= 4 is 47.2 Å². The van der Waals surface area contributed by atoms with Gasteiger partial charge in [0.15, 0.2) is 11.7 Å². The van der Waals surface area contributed by atoms with Gasteiger partial charge in [-0.3, -0.25) is 4.79 Å². The van der Waals surface area contributed by atoms with Crippen LogP contribution >= 0.6 is 35.3 Å². The van der Waals surface area contributed by atoms with Crippen molar-refractivity contribution in [2.45, 2.75) is 45.6 Å². The molecule has 1 saturated heterocycles. The number of hydrogen-bond donors (Lipinski definition) is 2. The zero-order valence-corrected chi connectivity index (χ0v) is 20.2. The molecule has 3 rings (SSSR count). The molecule has 0 spiro atoms. The van der Waals surface area contributed by atoms with Gasteiger partial charge < -0.3 is 15.5 Å². The molecule has 0 radical (unpaired) electrons. The predicted octanol–water partition coefficient (Wildman–Crippen LogP) is 4.16. The Labute approximate surface area is 200 Å². The summed E-state index contributed by atoms with van der Waals surface area (Å²) in [5.74, 6) is 0.665. The molecule has 2 heterocycles. The van der Waals surface area contributed by atoms with Crippen LogP contribution < -0.4 is 10.6 Å². The Kier molecular flexibility index (Phi) is 9.54. The van der Waals surface area contributed by atoms with E-state index in [0.717, 1.165) is 40.8 Å². The molecule has 0 bridgehead atoms. The molecule has 170 valence electrons. The summed E-state index contributed by atoms with van der Waals surface area (Å²) in [6, 6.07) is 7.83. The quantitative estimate of drug-likeness (QED) is 0.300. The number of aliphatic imine (C=N–C) groups is 1. The van der Waals surface area contributed by atoms with Crippen molar-refractivity contribution < 1.29 is 18.0 Å². The van der Waals surface area contributed by atoms with Crippen LogP contribution in [0.3, 0.4) is 0 Å². The Morgan fingerprint density at radius 3 is 2.61 bits per heavy atom. The average molecular weight is 567 g/mol. The minimum atomic E-state index is -4.44. The van der Waals surface area contributed by atoms with E-state index in [4.69, 9.17) is 0 Å². The average Bonchev–Trinajstić information content (AvgIpc) is 3.34. The SMILES string of the molecule is CCNC(=NCc1ccccc1CN1CCCC1=O)NCc1nc(C(F)(F)F)cs1.I. The second-order valence-electron chi connectivity index (χ2n) is 6.86. The summed E-state index contributed by atoms with van der Waals surface area (Å²) in [6.07, 6.45) is -2.95. The molecule has 11 heteroatoms. The van der Waals surface area contributed by atoms with Gasteiger partial charge in [-0.1, -0.05) is 24.3 Å². The third-order valence-corrected chi connectivity index (χ3v) is 5.50. The van der Waals surface area contributed by atoms with Gasteiger partial charge in [0.05, 0.1) is 13.1 Å². The minimum absolute atomic E-state index is 0. The van der Waals surface area contributed by atoms with E-state index in [0.29, 0.717) is 37.0 Å². The van der Waals surface area contributed by atoms with Gasteiger partial charge >= 0.3 is 6.18 Å². The smallest absolute Gasteiger partial charge is 0.357 e. The van der Waals surface area contributed by atoms with Gasteiger partial charge in [-0.25, -0.2) is 9.98 Å². The normalized spacial score (nSPS) is 14.5. The van der Waals surface area contributed by atoms with Crippen molar-refractivity contribution in [3.8, 4) is 0 Å². The number of rotatable bonds is 7. The number of guanidine groups is 1. The van der Waals surface area contributed by atoms with E-state index in [1.807, 2.05) is 36.1 Å². The predicted molar refractivity (Wildman–Crippen MR) is 125 cm³/mol. The molecule has 1 aliphatic heterocycles. The third-order valence-electron chi connectivity index (χ3n) is 4.65. The molecule has 0 atom stereocenters. The van der Waals surface area contributed by atoms with Crippen molar-refractivity contribution in [3.05, 3.63) is 51.5 Å². The lowest BCUT2D eigenvalue weighted by atomic mass is 10.1. The number of carbonyl (C=O) groups is 1. The molecule has 1 aromatic heterocycles. The summed E-state index contributed by atoms with van der Waals surface area (Å²) in [5, 5.41) is 7.46. The van der Waals surface area contributed by atoms with Crippen LogP contribution in [0.5, 0.6) is 0 Å². The van der Waals surface area contributed by atoms with E-state index in [9.17, 15) is 18.0 Å². The molecule has 1 amide bonds. The lowest BCUT2D eigenvalue weighted by Crippen LogP contribution is -2.36. The fourth-order valence-electron chi connectivity index (χ4n) is 3.13. The van der Waals surface area contributed by atoms with E-state index < -0.39 is 11.9 Å². The van der Waals surface area contributed by atoms with E-state index >= 15 is 0 Å². The maximum absolute atomic E-state index is 12.7. The number of hydrogen-bond acceptors (Lipinski definition) is 4. The number of halogens is 4. The van der Waals surface area contributed by atoms with Crippen LogP contribution in [0.1, 0.15) is 41.6 Å². The van der Waals surface area contributed by atoms with E-state index in [2.05, 4.69) is 20.6 Å². The number of carbonyl (C=O) groups excluding carboxylic acids is 1. The summed E-state index contributed by atoms with van der Waals surface area (Å²) in [7, 11) is 0. The molecular formula is C20H25F3IN5OS. The van der Waals surface area contributed by atoms with Gasteiger partial charge in [0.25, 0.3) is 0 Å². The first-order valence-corrected chi connectivity index (χ1v) is 10.6. The molecule has 2 aromatic rings. The monoisotopic (exact) mass is 567 g/mol. The van der Waals surface area contributed by atoms with Crippen molar-refractivity contribution in [1.82, 2.24) is 20.5 Å². The summed E-state index contributed by atoms with van der Waals surface area (Å²) >= 11 is 0.957. The van der Waals surface area contributed by atoms with Gasteiger partial charge in [0, 0.05) is 31.4 Å². The molecule has 2 N–H and O–H groups in total. The van der Waals surface area contributed by atoms with Gasteiger partial charge in [0.1, 0.15) is 5.01 Å². The lowest BCUT2D eigenvalue weighted by molar-refractivity contribution is -0.140. The molecule has 0 aliphatic carbocycles. The summed E-state index contributed by atoms with van der Waals surface area (Å²) in [4.78, 5) is 22.0. The largest absolute Gasteiger partial charge is 0.434 e. The van der Waals surface area contributed by atoms with Crippen molar-refractivity contribution in [1.29, 1.82) is 0 Å². The number of alkyl halides is 3. The van der Waals surface area contributed by atoms with Crippen LogP contribution in [0.4, 0.5) is 13.2 Å². The van der Waals surface area contributed by atoms with Crippen LogP contribution in [-0.4, -0.2) is 34.8 Å². The first-order chi connectivity index (χ1) is 14.4. The maximum Gasteiger partial charge on any atom is 0.434 e. The zero-order chi connectivity index (χ0) is 21.6. The van der Waals surface area contributed by atoms with Gasteiger partial charge in [0.2, 0.25) is 5.91 Å². The molecular weight excluding hydrogens is 542 g/mol. The number of amides is 1.